The second-order valence-electron chi connectivity index (χ2n) is 2.41. The van der Waals surface area contributed by atoms with Crippen LogP contribution in [0.2, 0.25) is 0 Å². The Morgan fingerprint density at radius 1 is 1.42 bits per heavy atom. The van der Waals surface area contributed by atoms with Crippen molar-refractivity contribution in [3.63, 3.8) is 0 Å². The Morgan fingerprint density at radius 3 is 2.33 bits per heavy atom. The molecule has 0 saturated heterocycles. The van der Waals surface area contributed by atoms with E-state index >= 15 is 0 Å². The van der Waals surface area contributed by atoms with Gasteiger partial charge in [-0.2, -0.15) is 8.42 Å². The van der Waals surface area contributed by atoms with Gasteiger partial charge in [0.25, 0.3) is 10.1 Å². The van der Waals surface area contributed by atoms with Crippen LogP contribution in [0.1, 0.15) is 0 Å². The van der Waals surface area contributed by atoms with Crippen LogP contribution in [-0.4, -0.2) is 26.9 Å². The van der Waals surface area contributed by atoms with Crippen LogP contribution in [0.15, 0.2) is 24.3 Å². The standard InChI is InChI=1S/C6H7IO4S/c7-6(8)4-2-1-3-5(6)12(9,10)11/h1-5,8H,(H,9,10,11). The molecule has 2 N–H and O–H groups in total. The van der Waals surface area contributed by atoms with E-state index in [1.807, 2.05) is 0 Å². The number of halogens is 1. The number of rotatable bonds is 1. The first kappa shape index (κ1) is 10.2. The molecule has 0 heterocycles. The molecule has 0 spiro atoms. The lowest BCUT2D eigenvalue weighted by Gasteiger charge is -2.24. The molecule has 68 valence electrons. The molecule has 1 rings (SSSR count). The Hall–Kier alpha value is 0.0800. The summed E-state index contributed by atoms with van der Waals surface area (Å²) in [5, 5.41) is 8.20. The number of hydrogen-bond donors (Lipinski definition) is 2. The summed E-state index contributed by atoms with van der Waals surface area (Å²) < 4.78 is 28.6. The van der Waals surface area contributed by atoms with E-state index in [0.29, 0.717) is 0 Å². The summed E-state index contributed by atoms with van der Waals surface area (Å²) in [4.78, 5) is 0. The van der Waals surface area contributed by atoms with Crippen molar-refractivity contribution in [3.8, 4) is 0 Å². The Kier molecular flexibility index (Phi) is 2.62. The highest BCUT2D eigenvalue weighted by Gasteiger charge is 2.39. The molecule has 1 aliphatic rings. The average Bonchev–Trinajstić information content (AvgIpc) is 1.83. The third-order valence-corrected chi connectivity index (χ3v) is 4.06. The fourth-order valence-electron chi connectivity index (χ4n) is 0.894. The van der Waals surface area contributed by atoms with E-state index in [-0.39, 0.29) is 0 Å². The molecule has 0 saturated carbocycles. The highest BCUT2D eigenvalue weighted by molar-refractivity contribution is 14.1. The summed E-state index contributed by atoms with van der Waals surface area (Å²) in [5.74, 6) is 0. The first-order valence-corrected chi connectivity index (χ1v) is 5.66. The molecule has 0 amide bonds. The molecule has 0 aromatic rings. The second kappa shape index (κ2) is 3.09. The highest BCUT2D eigenvalue weighted by atomic mass is 127. The van der Waals surface area contributed by atoms with Gasteiger partial charge in [0.2, 0.25) is 0 Å². The summed E-state index contributed by atoms with van der Waals surface area (Å²) in [7, 11) is -4.23. The zero-order chi connectivity index (χ0) is 9.41. The van der Waals surface area contributed by atoms with Gasteiger partial charge in [0, 0.05) is 0 Å². The predicted octanol–water partition coefficient (Wildman–Crippen LogP) is 0.492. The van der Waals surface area contributed by atoms with Gasteiger partial charge in [-0.15, -0.1) is 0 Å². The quantitative estimate of drug-likeness (QED) is 0.420. The third kappa shape index (κ3) is 2.06. The number of aliphatic hydroxyl groups is 1. The van der Waals surface area contributed by atoms with Crippen molar-refractivity contribution in [1.29, 1.82) is 0 Å². The van der Waals surface area contributed by atoms with Crippen LogP contribution < -0.4 is 0 Å². The molecular weight excluding hydrogens is 295 g/mol. The maximum atomic E-state index is 10.7. The molecule has 1 aliphatic carbocycles. The molecule has 0 aliphatic heterocycles. The van der Waals surface area contributed by atoms with E-state index in [4.69, 9.17) is 4.55 Å². The molecule has 0 aromatic carbocycles. The molecule has 0 aromatic heterocycles. The van der Waals surface area contributed by atoms with Gasteiger partial charge in [-0.05, 0) is 28.7 Å². The van der Waals surface area contributed by atoms with Crippen molar-refractivity contribution in [2.24, 2.45) is 0 Å². The van der Waals surface area contributed by atoms with E-state index < -0.39 is 19.0 Å². The first-order valence-electron chi connectivity index (χ1n) is 3.07. The van der Waals surface area contributed by atoms with Gasteiger partial charge in [0.05, 0.1) is 0 Å². The maximum absolute atomic E-state index is 10.7. The lowest BCUT2D eigenvalue weighted by molar-refractivity contribution is 0.206. The fourth-order valence-corrected chi connectivity index (χ4v) is 3.06. The van der Waals surface area contributed by atoms with Crippen molar-refractivity contribution in [2.45, 2.75) is 8.86 Å². The number of alkyl halides is 1. The van der Waals surface area contributed by atoms with Crippen molar-refractivity contribution < 1.29 is 18.1 Å². The van der Waals surface area contributed by atoms with Gasteiger partial charge in [-0.1, -0.05) is 18.2 Å². The van der Waals surface area contributed by atoms with Crippen molar-refractivity contribution in [3.05, 3.63) is 24.3 Å². The van der Waals surface area contributed by atoms with E-state index in [9.17, 15) is 13.5 Å². The first-order chi connectivity index (χ1) is 5.34. The third-order valence-electron chi connectivity index (χ3n) is 1.45. The minimum Gasteiger partial charge on any atom is -0.374 e. The van der Waals surface area contributed by atoms with Crippen LogP contribution >= 0.6 is 22.6 Å². The topological polar surface area (TPSA) is 74.6 Å². The predicted molar refractivity (Wildman–Crippen MR) is 52.6 cm³/mol. The Balaban J connectivity index is 3.08. The Morgan fingerprint density at radius 2 is 2.00 bits per heavy atom. The zero-order valence-corrected chi connectivity index (χ0v) is 8.86. The summed E-state index contributed by atoms with van der Waals surface area (Å²) in [6.07, 6.45) is 5.54. The molecule has 0 radical (unpaired) electrons. The largest absolute Gasteiger partial charge is 0.374 e. The summed E-state index contributed by atoms with van der Waals surface area (Å²) in [6.45, 7) is 0. The van der Waals surface area contributed by atoms with Gasteiger partial charge >= 0.3 is 0 Å². The molecule has 2 atom stereocenters. The molecule has 6 heteroatoms. The zero-order valence-electron chi connectivity index (χ0n) is 5.88. The summed E-state index contributed by atoms with van der Waals surface area (Å²) in [5.41, 5.74) is 0. The molecule has 2 unspecified atom stereocenters. The lowest BCUT2D eigenvalue weighted by atomic mass is 10.1. The van der Waals surface area contributed by atoms with Crippen LogP contribution in [0, 0.1) is 0 Å². The van der Waals surface area contributed by atoms with Crippen LogP contribution in [0.3, 0.4) is 0 Å². The normalized spacial score (nSPS) is 35.4. The fraction of sp³-hybridized carbons (Fsp3) is 0.333. The van der Waals surface area contributed by atoms with E-state index in [1.165, 1.54) is 24.3 Å². The number of allylic oxidation sites excluding steroid dienone is 2. The minimum atomic E-state index is -4.23. The van der Waals surface area contributed by atoms with Gasteiger partial charge in [0.15, 0.2) is 3.61 Å². The monoisotopic (exact) mass is 302 g/mol. The van der Waals surface area contributed by atoms with Gasteiger partial charge in [0.1, 0.15) is 5.25 Å². The van der Waals surface area contributed by atoms with Crippen molar-refractivity contribution in [1.82, 2.24) is 0 Å². The Labute approximate surface area is 83.9 Å². The molecule has 12 heavy (non-hydrogen) atoms. The van der Waals surface area contributed by atoms with Crippen LogP contribution in [0.5, 0.6) is 0 Å². The highest BCUT2D eigenvalue weighted by Crippen LogP contribution is 2.29. The van der Waals surface area contributed by atoms with Crippen LogP contribution in [0.25, 0.3) is 0 Å². The smallest absolute Gasteiger partial charge is 0.275 e. The minimum absolute atomic E-state index is 1.24. The average molecular weight is 302 g/mol. The van der Waals surface area contributed by atoms with Crippen molar-refractivity contribution >= 4 is 32.7 Å². The molecule has 0 bridgehead atoms. The van der Waals surface area contributed by atoms with E-state index in [0.717, 1.165) is 0 Å². The van der Waals surface area contributed by atoms with Crippen molar-refractivity contribution in [2.75, 3.05) is 0 Å². The SMILES string of the molecule is O=S(=O)(O)C1C=CC=CC1(O)I. The number of hydrogen-bond acceptors (Lipinski definition) is 3. The molecule has 0 fully saturated rings. The van der Waals surface area contributed by atoms with Gasteiger partial charge < -0.3 is 5.11 Å². The second-order valence-corrected chi connectivity index (χ2v) is 5.67. The van der Waals surface area contributed by atoms with Gasteiger partial charge in [-0.3, -0.25) is 4.55 Å². The molecule has 4 nitrogen and oxygen atoms in total. The maximum Gasteiger partial charge on any atom is 0.275 e. The molecular formula is C6H7IO4S. The Bertz CT molecular complexity index is 327. The summed E-state index contributed by atoms with van der Waals surface area (Å²) >= 11 is 1.56. The van der Waals surface area contributed by atoms with Crippen LogP contribution in [-0.2, 0) is 10.1 Å². The van der Waals surface area contributed by atoms with E-state index in [2.05, 4.69) is 0 Å². The van der Waals surface area contributed by atoms with E-state index in [1.54, 1.807) is 22.6 Å². The lowest BCUT2D eigenvalue weighted by Crippen LogP contribution is -2.39. The summed E-state index contributed by atoms with van der Waals surface area (Å²) in [6, 6.07) is 0. The van der Waals surface area contributed by atoms with Gasteiger partial charge in [-0.25, -0.2) is 0 Å². The van der Waals surface area contributed by atoms with Crippen LogP contribution in [0.4, 0.5) is 0 Å².